The van der Waals surface area contributed by atoms with Crippen LogP contribution in [0.2, 0.25) is 0 Å². The number of fused-ring (bicyclic) bond motifs is 1. The topological polar surface area (TPSA) is 78.0 Å². The Hall–Kier alpha value is -2.55. The molecule has 2 aromatic carbocycles. The van der Waals surface area contributed by atoms with E-state index in [4.69, 9.17) is 5.73 Å². The Bertz CT molecular complexity index is 1350. The average Bonchev–Trinajstić information content (AvgIpc) is 3.37. The van der Waals surface area contributed by atoms with E-state index in [-0.39, 0.29) is 5.66 Å². The highest BCUT2D eigenvalue weighted by atomic mass is 32.2. The molecule has 3 atom stereocenters. The van der Waals surface area contributed by atoms with Crippen molar-refractivity contribution in [3.8, 4) is 5.00 Å². The van der Waals surface area contributed by atoms with Gasteiger partial charge in [-0.3, -0.25) is 13.6 Å². The molecule has 0 radical (unpaired) electrons. The van der Waals surface area contributed by atoms with Gasteiger partial charge >= 0.3 is 6.68 Å². The summed E-state index contributed by atoms with van der Waals surface area (Å²) in [7, 11) is -0.492. The van der Waals surface area contributed by atoms with Crippen LogP contribution in [0.1, 0.15) is 38.9 Å². The standard InChI is InChI=1S/C23H24N3O2PS2.CHF3/c1-14-6-4-5-7-17(14)15(2)29-20-11-21(30-22(20)23(24)27)26-13-25-18-9-8-16(10-19(18)26)12-31(3)28;2-1(3)4/h4-11,13,15,29H,12H2,1-3H3,(H2,24,27);1H. The molecule has 1 amide bonds. The number of rotatable bonds is 7. The van der Waals surface area contributed by atoms with Crippen molar-refractivity contribution in [2.75, 3.05) is 6.26 Å². The van der Waals surface area contributed by atoms with Gasteiger partial charge in [-0.05, 0) is 47.1 Å². The molecule has 0 saturated heterocycles. The minimum atomic E-state index is -3.67. The van der Waals surface area contributed by atoms with Crippen LogP contribution in [0.4, 0.5) is 13.2 Å². The molecule has 186 valence electrons. The zero-order chi connectivity index (χ0) is 25.7. The van der Waals surface area contributed by atoms with Crippen LogP contribution in [-0.4, -0.2) is 32.6 Å². The van der Waals surface area contributed by atoms with E-state index in [0.29, 0.717) is 19.2 Å². The van der Waals surface area contributed by atoms with Gasteiger partial charge in [-0.1, -0.05) is 45.8 Å². The number of alkyl halides is 3. The Balaban J connectivity index is 0.000000795. The number of carbonyl (C=O) groups excluding carboxylic acids is 1. The smallest absolute Gasteiger partial charge is 0.365 e. The normalized spacial score (nSPS) is 13.2. The molecular weight excluding hydrogens is 514 g/mol. The number of aromatic nitrogens is 2. The number of nitrogens with two attached hydrogens (primary N) is 1. The second-order valence-corrected chi connectivity index (χ2v) is 12.0. The van der Waals surface area contributed by atoms with Crippen molar-refractivity contribution in [1.82, 2.24) is 9.55 Å². The van der Waals surface area contributed by atoms with Crippen LogP contribution >= 0.6 is 19.9 Å². The van der Waals surface area contributed by atoms with Gasteiger partial charge in [0.2, 0.25) is 0 Å². The molecule has 0 aliphatic rings. The number of imidazole rings is 1. The number of thiophene rings is 1. The summed E-state index contributed by atoms with van der Waals surface area (Å²) in [4.78, 5) is 17.3. The lowest BCUT2D eigenvalue weighted by Gasteiger charge is -2.14. The van der Waals surface area contributed by atoms with E-state index in [1.54, 1.807) is 12.6 Å². The van der Waals surface area contributed by atoms with E-state index in [2.05, 4.69) is 43.1 Å². The van der Waals surface area contributed by atoms with Crippen molar-refractivity contribution < 1.29 is 22.2 Å². The van der Waals surface area contributed by atoms with Crippen LogP contribution in [0.25, 0.3) is 16.0 Å². The molecule has 3 unspecified atom stereocenters. The third-order valence-electron chi connectivity index (χ3n) is 5.19. The minimum Gasteiger partial charge on any atom is -0.365 e. The van der Waals surface area contributed by atoms with Crippen LogP contribution < -0.4 is 11.0 Å². The van der Waals surface area contributed by atoms with Gasteiger partial charge in [0.25, 0.3) is 5.91 Å². The fraction of sp³-hybridized carbons (Fsp3) is 0.250. The van der Waals surface area contributed by atoms with Crippen molar-refractivity contribution in [2.45, 2.75) is 31.9 Å². The predicted octanol–water partition coefficient (Wildman–Crippen LogP) is 5.62. The summed E-state index contributed by atoms with van der Waals surface area (Å²) in [6, 6.07) is 16.3. The van der Waals surface area contributed by atoms with Gasteiger partial charge in [0.05, 0.1) is 11.0 Å². The van der Waals surface area contributed by atoms with Gasteiger partial charge in [0.15, 0.2) is 0 Å². The highest BCUT2D eigenvalue weighted by Crippen LogP contribution is 2.38. The molecule has 35 heavy (non-hydrogen) atoms. The van der Waals surface area contributed by atoms with Crippen LogP contribution in [0.15, 0.2) is 54.9 Å². The zero-order valence-corrected chi connectivity index (χ0v) is 21.9. The second kappa shape index (κ2) is 11.9. The third kappa shape index (κ3) is 6.99. The van der Waals surface area contributed by atoms with E-state index in [0.717, 1.165) is 26.9 Å². The Labute approximate surface area is 209 Å². The number of aryl methyl sites for hydroxylation is 1. The molecule has 0 fully saturated rings. The highest BCUT2D eigenvalue weighted by Gasteiger charge is 2.19. The highest BCUT2D eigenvalue weighted by molar-refractivity contribution is 7.83. The monoisotopic (exact) mass is 539 g/mol. The van der Waals surface area contributed by atoms with Gasteiger partial charge in [-0.25, -0.2) is 4.98 Å². The predicted molar refractivity (Wildman–Crippen MR) is 140 cm³/mol. The summed E-state index contributed by atoms with van der Waals surface area (Å²) < 4.78 is 42.6. The maximum atomic E-state index is 12.2. The Morgan fingerprint density at radius 1 is 1.20 bits per heavy atom. The Morgan fingerprint density at radius 2 is 1.89 bits per heavy atom. The van der Waals surface area contributed by atoms with E-state index in [1.807, 2.05) is 28.8 Å². The van der Waals surface area contributed by atoms with E-state index in [9.17, 15) is 22.2 Å². The van der Waals surface area contributed by atoms with E-state index >= 15 is 0 Å². The summed E-state index contributed by atoms with van der Waals surface area (Å²) in [5.41, 5.74) is 11.3. The number of halogens is 3. The molecule has 0 aliphatic carbocycles. The lowest BCUT2D eigenvalue weighted by atomic mass is 10.1. The molecule has 0 bridgehead atoms. The third-order valence-corrected chi connectivity index (χ3v) is 8.71. The SMILES string of the molecule is Cc1ccccc1C(C)Pc1cc(-n2cnc3ccc(CS(C)=O)cc32)sc1C(N)=O.FC(F)F. The van der Waals surface area contributed by atoms with Gasteiger partial charge in [0, 0.05) is 28.5 Å². The quantitative estimate of drug-likeness (QED) is 0.310. The molecule has 0 saturated carbocycles. The number of nitrogens with zero attached hydrogens (tertiary/aromatic N) is 2. The number of amides is 1. The van der Waals surface area contributed by atoms with Crippen molar-refractivity contribution >= 4 is 53.0 Å². The van der Waals surface area contributed by atoms with Gasteiger partial charge in [-0.2, -0.15) is 13.2 Å². The van der Waals surface area contributed by atoms with E-state index < -0.39 is 23.4 Å². The Kier molecular flexibility index (Phi) is 9.21. The second-order valence-electron chi connectivity index (χ2n) is 7.82. The summed E-state index contributed by atoms with van der Waals surface area (Å²) in [6.45, 7) is 0.634. The first kappa shape index (κ1) is 27.0. The van der Waals surface area contributed by atoms with Crippen molar-refractivity contribution in [3.05, 3.63) is 76.4 Å². The number of carbonyl (C=O) groups is 1. The molecule has 5 nitrogen and oxygen atoms in total. The maximum absolute atomic E-state index is 12.2. The van der Waals surface area contributed by atoms with Gasteiger partial charge in [0.1, 0.15) is 16.2 Å². The van der Waals surface area contributed by atoms with Gasteiger partial charge < -0.3 is 5.73 Å². The van der Waals surface area contributed by atoms with Crippen LogP contribution in [-0.2, 0) is 16.6 Å². The van der Waals surface area contributed by atoms with E-state index in [1.165, 1.54) is 22.5 Å². The molecule has 2 N–H and O–H groups in total. The zero-order valence-electron chi connectivity index (χ0n) is 19.3. The van der Waals surface area contributed by atoms with Crippen LogP contribution in [0.3, 0.4) is 0 Å². The van der Waals surface area contributed by atoms with Crippen molar-refractivity contribution in [2.24, 2.45) is 5.73 Å². The molecule has 2 aromatic heterocycles. The van der Waals surface area contributed by atoms with Crippen LogP contribution in [0, 0.1) is 6.92 Å². The number of hydrogen-bond donors (Lipinski definition) is 1. The molecule has 0 aliphatic heterocycles. The first-order valence-corrected chi connectivity index (χ1v) is 14.1. The molecule has 4 rings (SSSR count). The average molecular weight is 540 g/mol. The maximum Gasteiger partial charge on any atom is 0.379 e. The molecule has 0 spiro atoms. The minimum absolute atomic E-state index is 0.285. The summed E-state index contributed by atoms with van der Waals surface area (Å²) in [6.07, 6.45) is 3.47. The summed E-state index contributed by atoms with van der Waals surface area (Å²) in [5, 5.41) is 1.89. The molecular formula is C24H25F3N3O2PS2. The fourth-order valence-electron chi connectivity index (χ4n) is 3.72. The summed E-state index contributed by atoms with van der Waals surface area (Å²) >= 11 is 1.40. The number of hydrogen-bond acceptors (Lipinski definition) is 4. The van der Waals surface area contributed by atoms with Crippen molar-refractivity contribution in [3.63, 3.8) is 0 Å². The lowest BCUT2D eigenvalue weighted by Crippen LogP contribution is -2.16. The van der Waals surface area contributed by atoms with Crippen LogP contribution in [0.5, 0.6) is 0 Å². The first-order chi connectivity index (χ1) is 16.6. The Morgan fingerprint density at radius 3 is 2.51 bits per heavy atom. The molecule has 4 aromatic rings. The van der Waals surface area contributed by atoms with Gasteiger partial charge in [-0.15, -0.1) is 11.3 Å². The summed E-state index contributed by atoms with van der Waals surface area (Å²) in [5.74, 6) is 0.0980. The molecule has 11 heteroatoms. The largest absolute Gasteiger partial charge is 0.379 e. The number of primary amides is 1. The molecule has 2 heterocycles. The lowest BCUT2D eigenvalue weighted by molar-refractivity contribution is 0.00818. The van der Waals surface area contributed by atoms with Crippen molar-refractivity contribution in [1.29, 1.82) is 0 Å². The fourth-order valence-corrected chi connectivity index (χ4v) is 7.13. The number of benzene rings is 2. The first-order valence-electron chi connectivity index (χ1n) is 10.5.